The number of allylic oxidation sites excluding steroid dienone is 2. The molecule has 1 aromatic heterocycles. The van der Waals surface area contributed by atoms with Gasteiger partial charge in [-0.25, -0.2) is 27.5 Å². The number of hydrogen-bond donors (Lipinski definition) is 0. The topological polar surface area (TPSA) is 25.8 Å². The summed E-state index contributed by atoms with van der Waals surface area (Å²) in [5.41, 5.74) is 2.08. The smallest absolute Gasteiger partial charge is 0.195 e. The lowest BCUT2D eigenvalue weighted by molar-refractivity contribution is 0.453. The third kappa shape index (κ3) is 4.93. The van der Waals surface area contributed by atoms with Crippen LogP contribution >= 0.6 is 0 Å². The number of fused-ring (bicyclic) bond motifs is 1. The van der Waals surface area contributed by atoms with Gasteiger partial charge in [-0.2, -0.15) is 0 Å². The molecule has 33 heavy (non-hydrogen) atoms. The highest BCUT2D eigenvalue weighted by Crippen LogP contribution is 2.24. The van der Waals surface area contributed by atoms with Crippen molar-refractivity contribution in [3.63, 3.8) is 0 Å². The van der Waals surface area contributed by atoms with E-state index in [9.17, 15) is 17.6 Å². The van der Waals surface area contributed by atoms with Crippen molar-refractivity contribution >= 4 is 10.8 Å². The molecule has 0 aliphatic carbocycles. The van der Waals surface area contributed by atoms with Gasteiger partial charge in [-0.05, 0) is 67.1 Å². The van der Waals surface area contributed by atoms with Crippen molar-refractivity contribution in [2.45, 2.75) is 19.8 Å². The first-order valence-corrected chi connectivity index (χ1v) is 10.3. The van der Waals surface area contributed by atoms with Gasteiger partial charge in [0.2, 0.25) is 0 Å². The lowest BCUT2D eigenvalue weighted by Gasteiger charge is -2.04. The predicted octanol–water partition coefficient (Wildman–Crippen LogP) is 6.76. The van der Waals surface area contributed by atoms with E-state index in [0.29, 0.717) is 17.0 Å². The molecule has 0 saturated heterocycles. The third-order valence-electron chi connectivity index (χ3n) is 5.08. The molecule has 4 rings (SSSR count). The van der Waals surface area contributed by atoms with Gasteiger partial charge in [0, 0.05) is 28.9 Å². The summed E-state index contributed by atoms with van der Waals surface area (Å²) in [6.45, 7) is 1.97. The zero-order chi connectivity index (χ0) is 23.4. The molecule has 164 valence electrons. The van der Waals surface area contributed by atoms with Crippen LogP contribution in [-0.2, 0) is 6.42 Å². The number of rotatable bonds is 4. The minimum absolute atomic E-state index is 0.0529. The van der Waals surface area contributed by atoms with Crippen molar-refractivity contribution in [2.75, 3.05) is 0 Å². The van der Waals surface area contributed by atoms with Gasteiger partial charge in [-0.3, -0.25) is 0 Å². The Morgan fingerprint density at radius 3 is 2.36 bits per heavy atom. The standard InChI is InChI=1S/C27H18F4N2/c1-2-3-4-5-18-15-32-27(33-16-18)20-10-9-19(23(28)13-20)8-6-17-7-11-22-21(12-17)14-24(29)26(31)25(22)30/h2-3,7,9-16H,4-5H2,1H3/b3-2+. The van der Waals surface area contributed by atoms with E-state index >= 15 is 0 Å². The minimum Gasteiger partial charge on any atom is -0.236 e. The Bertz CT molecular complexity index is 1410. The van der Waals surface area contributed by atoms with Crippen molar-refractivity contribution in [3.05, 3.63) is 107 Å². The maximum absolute atomic E-state index is 14.6. The van der Waals surface area contributed by atoms with Crippen LogP contribution in [0.15, 0.2) is 67.0 Å². The second kappa shape index (κ2) is 9.66. The fourth-order valence-corrected chi connectivity index (χ4v) is 3.33. The summed E-state index contributed by atoms with van der Waals surface area (Å²) >= 11 is 0. The Morgan fingerprint density at radius 2 is 1.64 bits per heavy atom. The second-order valence-electron chi connectivity index (χ2n) is 7.39. The van der Waals surface area contributed by atoms with Crippen LogP contribution in [0.5, 0.6) is 0 Å². The highest BCUT2D eigenvalue weighted by atomic mass is 19.2. The van der Waals surface area contributed by atoms with Crippen LogP contribution in [0.25, 0.3) is 22.2 Å². The third-order valence-corrected chi connectivity index (χ3v) is 5.08. The number of halogens is 4. The van der Waals surface area contributed by atoms with E-state index in [2.05, 4.69) is 27.9 Å². The maximum Gasteiger partial charge on any atom is 0.195 e. The Kier molecular flexibility index (Phi) is 6.50. The van der Waals surface area contributed by atoms with Crippen molar-refractivity contribution < 1.29 is 17.6 Å². The van der Waals surface area contributed by atoms with Crippen LogP contribution in [0.4, 0.5) is 17.6 Å². The van der Waals surface area contributed by atoms with Gasteiger partial charge < -0.3 is 0 Å². The first-order valence-electron chi connectivity index (χ1n) is 10.3. The first kappa shape index (κ1) is 22.2. The minimum atomic E-state index is -1.52. The van der Waals surface area contributed by atoms with E-state index in [1.807, 2.05) is 13.0 Å². The molecule has 0 amide bonds. The molecule has 0 bridgehead atoms. The molecule has 0 atom stereocenters. The van der Waals surface area contributed by atoms with Gasteiger partial charge in [-0.15, -0.1) is 0 Å². The summed E-state index contributed by atoms with van der Waals surface area (Å²) in [6.07, 6.45) is 9.25. The van der Waals surface area contributed by atoms with Gasteiger partial charge in [-0.1, -0.05) is 30.1 Å². The van der Waals surface area contributed by atoms with Crippen LogP contribution in [0, 0.1) is 35.1 Å². The molecule has 4 aromatic rings. The van der Waals surface area contributed by atoms with E-state index in [1.165, 1.54) is 30.3 Å². The summed E-state index contributed by atoms with van der Waals surface area (Å²) in [7, 11) is 0. The van der Waals surface area contributed by atoms with E-state index in [-0.39, 0.29) is 16.3 Å². The van der Waals surface area contributed by atoms with E-state index in [0.717, 1.165) is 24.5 Å². The van der Waals surface area contributed by atoms with Crippen LogP contribution in [-0.4, -0.2) is 9.97 Å². The summed E-state index contributed by atoms with van der Waals surface area (Å²) in [6, 6.07) is 9.62. The largest absolute Gasteiger partial charge is 0.236 e. The Morgan fingerprint density at radius 1 is 0.848 bits per heavy atom. The zero-order valence-electron chi connectivity index (χ0n) is 17.7. The van der Waals surface area contributed by atoms with Crippen LogP contribution in [0.1, 0.15) is 30.0 Å². The molecule has 0 radical (unpaired) electrons. The molecule has 0 fully saturated rings. The Hall–Kier alpha value is -3.98. The molecule has 1 heterocycles. The molecule has 0 aliphatic rings. The summed E-state index contributed by atoms with van der Waals surface area (Å²) in [5.74, 6) is 1.31. The van der Waals surface area contributed by atoms with E-state index < -0.39 is 23.3 Å². The Labute approximate surface area is 188 Å². The molecule has 0 saturated carbocycles. The van der Waals surface area contributed by atoms with Crippen molar-refractivity contribution in [1.29, 1.82) is 0 Å². The average molecular weight is 446 g/mol. The molecule has 0 unspecified atom stereocenters. The van der Waals surface area contributed by atoms with Crippen LogP contribution < -0.4 is 0 Å². The van der Waals surface area contributed by atoms with Gasteiger partial charge in [0.15, 0.2) is 23.3 Å². The average Bonchev–Trinajstić information content (AvgIpc) is 2.82. The monoisotopic (exact) mass is 446 g/mol. The molecule has 0 spiro atoms. The highest BCUT2D eigenvalue weighted by molar-refractivity contribution is 5.84. The maximum atomic E-state index is 14.6. The second-order valence-corrected chi connectivity index (χ2v) is 7.39. The lowest BCUT2D eigenvalue weighted by Crippen LogP contribution is -1.94. The molecule has 2 nitrogen and oxygen atoms in total. The molecule has 0 aliphatic heterocycles. The zero-order valence-corrected chi connectivity index (χ0v) is 17.7. The van der Waals surface area contributed by atoms with Gasteiger partial charge in [0.1, 0.15) is 5.82 Å². The summed E-state index contributed by atoms with van der Waals surface area (Å²) in [4.78, 5) is 8.63. The number of aryl methyl sites for hydroxylation is 1. The van der Waals surface area contributed by atoms with E-state index in [1.54, 1.807) is 18.5 Å². The van der Waals surface area contributed by atoms with Gasteiger partial charge in [0.25, 0.3) is 0 Å². The number of hydrogen-bond acceptors (Lipinski definition) is 2. The number of aromatic nitrogens is 2. The van der Waals surface area contributed by atoms with Gasteiger partial charge in [0.05, 0.1) is 5.56 Å². The van der Waals surface area contributed by atoms with Gasteiger partial charge >= 0.3 is 0 Å². The number of benzene rings is 3. The summed E-state index contributed by atoms with van der Waals surface area (Å²) in [5, 5.41) is 0.114. The molecular weight excluding hydrogens is 428 g/mol. The fourth-order valence-electron chi connectivity index (χ4n) is 3.33. The lowest BCUT2D eigenvalue weighted by atomic mass is 10.1. The highest BCUT2D eigenvalue weighted by Gasteiger charge is 2.13. The number of nitrogens with zero attached hydrogens (tertiary/aromatic N) is 2. The molecule has 6 heteroatoms. The van der Waals surface area contributed by atoms with E-state index in [4.69, 9.17) is 0 Å². The van der Waals surface area contributed by atoms with Crippen LogP contribution in [0.2, 0.25) is 0 Å². The summed E-state index contributed by atoms with van der Waals surface area (Å²) < 4.78 is 55.4. The normalized spacial score (nSPS) is 11.1. The molecule has 0 N–H and O–H groups in total. The quantitative estimate of drug-likeness (QED) is 0.150. The molecule has 3 aromatic carbocycles. The molecular formula is C27H18F4N2. The SMILES string of the molecule is C/C=C/CCc1cnc(-c2ccc(C#Cc3ccc4c(F)c(F)c(F)cc4c3)c(F)c2)nc1. The van der Waals surface area contributed by atoms with Crippen LogP contribution in [0.3, 0.4) is 0 Å². The Balaban J connectivity index is 1.56. The first-order chi connectivity index (χ1) is 16.0. The fraction of sp³-hybridized carbons (Fsp3) is 0.111. The van der Waals surface area contributed by atoms with Crippen molar-refractivity contribution in [1.82, 2.24) is 9.97 Å². The van der Waals surface area contributed by atoms with Crippen molar-refractivity contribution in [2.24, 2.45) is 0 Å². The predicted molar refractivity (Wildman–Crippen MR) is 120 cm³/mol. The van der Waals surface area contributed by atoms with Crippen molar-refractivity contribution in [3.8, 4) is 23.2 Å².